The number of carbonyl (C=O) groups is 3. The zero-order chi connectivity index (χ0) is 17.6. The van der Waals surface area contributed by atoms with Gasteiger partial charge < -0.3 is 15.2 Å². The van der Waals surface area contributed by atoms with Gasteiger partial charge in [0, 0.05) is 31.9 Å². The van der Waals surface area contributed by atoms with Crippen LogP contribution in [0.4, 0.5) is 4.79 Å². The molecule has 0 spiro atoms. The monoisotopic (exact) mass is 341 g/mol. The molecule has 8 heteroatoms. The fourth-order valence-corrected chi connectivity index (χ4v) is 2.66. The molecule has 1 aromatic carbocycles. The average Bonchev–Trinajstić information content (AvgIpc) is 3.20. The van der Waals surface area contributed by atoms with E-state index in [0.29, 0.717) is 6.54 Å². The molecule has 1 saturated heterocycles. The third-order valence-electron chi connectivity index (χ3n) is 3.92. The van der Waals surface area contributed by atoms with E-state index in [1.807, 2.05) is 35.0 Å². The molecule has 0 bridgehead atoms. The highest BCUT2D eigenvalue weighted by molar-refractivity contribution is 6.04. The Labute approximate surface area is 144 Å². The number of hydrogen-bond donors (Lipinski definition) is 3. The Balaban J connectivity index is 1.45. The van der Waals surface area contributed by atoms with Crippen LogP contribution in [0.5, 0.6) is 0 Å². The second kappa shape index (κ2) is 7.61. The molecule has 1 fully saturated rings. The van der Waals surface area contributed by atoms with E-state index in [-0.39, 0.29) is 24.7 Å². The number of aromatic nitrogens is 2. The summed E-state index contributed by atoms with van der Waals surface area (Å²) in [5, 5.41) is 7.45. The summed E-state index contributed by atoms with van der Waals surface area (Å²) >= 11 is 0. The molecule has 25 heavy (non-hydrogen) atoms. The van der Waals surface area contributed by atoms with Gasteiger partial charge in [0.1, 0.15) is 6.04 Å². The van der Waals surface area contributed by atoms with Crippen molar-refractivity contribution in [1.29, 1.82) is 0 Å². The van der Waals surface area contributed by atoms with Crippen molar-refractivity contribution >= 4 is 17.8 Å². The van der Waals surface area contributed by atoms with Gasteiger partial charge >= 0.3 is 6.03 Å². The highest BCUT2D eigenvalue weighted by Crippen LogP contribution is 2.08. The van der Waals surface area contributed by atoms with Crippen molar-refractivity contribution in [3.63, 3.8) is 0 Å². The Hall–Kier alpha value is -3.16. The molecule has 3 rings (SSSR count). The summed E-state index contributed by atoms with van der Waals surface area (Å²) < 4.78 is 1.97. The summed E-state index contributed by atoms with van der Waals surface area (Å²) in [6, 6.07) is 6.81. The molecule has 3 N–H and O–H groups in total. The standard InChI is InChI=1S/C17H19N5O3/c23-15(5-4-14-16(24)21-17(25)20-14)19-9-12-2-1-3-13(8-12)10-22-7-6-18-11-22/h1-3,6-8,11,14H,4-5,9-10H2,(H,19,23)(H2,20,21,24,25)/t14-/m0/s1. The average molecular weight is 341 g/mol. The predicted octanol–water partition coefficient (Wildman–Crippen LogP) is 0.536. The van der Waals surface area contributed by atoms with Crippen LogP contribution in [-0.4, -0.2) is 33.4 Å². The van der Waals surface area contributed by atoms with Crippen molar-refractivity contribution in [3.05, 3.63) is 54.1 Å². The van der Waals surface area contributed by atoms with Crippen molar-refractivity contribution in [2.75, 3.05) is 0 Å². The van der Waals surface area contributed by atoms with Crippen LogP contribution in [0.25, 0.3) is 0 Å². The molecule has 0 unspecified atom stereocenters. The number of urea groups is 1. The lowest BCUT2D eigenvalue weighted by molar-refractivity contribution is -0.122. The molecule has 130 valence electrons. The molecule has 2 heterocycles. The summed E-state index contributed by atoms with van der Waals surface area (Å²) in [6.45, 7) is 1.14. The zero-order valence-corrected chi connectivity index (χ0v) is 13.6. The van der Waals surface area contributed by atoms with Gasteiger partial charge in [-0.3, -0.25) is 14.9 Å². The topological polar surface area (TPSA) is 105 Å². The molecule has 1 aromatic heterocycles. The van der Waals surface area contributed by atoms with Gasteiger partial charge in [-0.25, -0.2) is 9.78 Å². The van der Waals surface area contributed by atoms with Crippen LogP contribution in [0.3, 0.4) is 0 Å². The van der Waals surface area contributed by atoms with Gasteiger partial charge in [-0.2, -0.15) is 0 Å². The first-order valence-corrected chi connectivity index (χ1v) is 8.02. The van der Waals surface area contributed by atoms with Crippen molar-refractivity contribution in [2.24, 2.45) is 0 Å². The number of nitrogens with one attached hydrogen (secondary N) is 3. The molecular formula is C17H19N5O3. The second-order valence-corrected chi connectivity index (χ2v) is 5.89. The third-order valence-corrected chi connectivity index (χ3v) is 3.92. The Morgan fingerprint density at radius 1 is 1.28 bits per heavy atom. The van der Waals surface area contributed by atoms with Crippen LogP contribution < -0.4 is 16.0 Å². The number of hydrogen-bond acceptors (Lipinski definition) is 4. The summed E-state index contributed by atoms with van der Waals surface area (Å²) in [6.07, 6.45) is 5.84. The molecule has 1 atom stereocenters. The minimum atomic E-state index is -0.628. The van der Waals surface area contributed by atoms with E-state index >= 15 is 0 Å². The maximum absolute atomic E-state index is 11.9. The number of imidazole rings is 1. The summed E-state index contributed by atoms with van der Waals surface area (Å²) in [5.41, 5.74) is 2.12. The SMILES string of the molecule is O=C(CC[C@@H]1NC(=O)NC1=O)NCc1cccc(Cn2ccnc2)c1. The van der Waals surface area contributed by atoms with E-state index in [4.69, 9.17) is 0 Å². The largest absolute Gasteiger partial charge is 0.352 e. The van der Waals surface area contributed by atoms with Crippen LogP contribution in [0.1, 0.15) is 24.0 Å². The Morgan fingerprint density at radius 2 is 2.12 bits per heavy atom. The number of amides is 4. The number of carbonyl (C=O) groups excluding carboxylic acids is 3. The molecule has 1 aliphatic rings. The minimum Gasteiger partial charge on any atom is -0.352 e. The van der Waals surface area contributed by atoms with Crippen LogP contribution >= 0.6 is 0 Å². The lowest BCUT2D eigenvalue weighted by atomic mass is 10.1. The van der Waals surface area contributed by atoms with Gasteiger partial charge in [0.15, 0.2) is 0 Å². The first-order chi connectivity index (χ1) is 12.1. The number of rotatable bonds is 7. The molecule has 4 amide bonds. The lowest BCUT2D eigenvalue weighted by Gasteiger charge is -2.09. The first kappa shape index (κ1) is 16.7. The minimum absolute atomic E-state index is 0.158. The maximum atomic E-state index is 11.9. The van der Waals surface area contributed by atoms with Gasteiger partial charge in [-0.05, 0) is 17.5 Å². The van der Waals surface area contributed by atoms with E-state index in [9.17, 15) is 14.4 Å². The van der Waals surface area contributed by atoms with E-state index in [1.54, 1.807) is 12.5 Å². The lowest BCUT2D eigenvalue weighted by Crippen LogP contribution is -2.31. The predicted molar refractivity (Wildman–Crippen MR) is 89.3 cm³/mol. The molecule has 0 aliphatic carbocycles. The van der Waals surface area contributed by atoms with E-state index in [0.717, 1.165) is 17.7 Å². The van der Waals surface area contributed by atoms with Crippen LogP contribution in [0, 0.1) is 0 Å². The van der Waals surface area contributed by atoms with E-state index < -0.39 is 12.1 Å². The van der Waals surface area contributed by atoms with Gasteiger partial charge in [0.05, 0.1) is 6.33 Å². The summed E-state index contributed by atoms with van der Waals surface area (Å²) in [5.74, 6) is -0.543. The fraction of sp³-hybridized carbons (Fsp3) is 0.294. The van der Waals surface area contributed by atoms with Crippen LogP contribution in [0.15, 0.2) is 43.0 Å². The molecule has 8 nitrogen and oxygen atoms in total. The van der Waals surface area contributed by atoms with Crippen molar-refractivity contribution < 1.29 is 14.4 Å². The molecule has 1 aliphatic heterocycles. The molecule has 2 aromatic rings. The molecule has 0 saturated carbocycles. The number of benzene rings is 1. The van der Waals surface area contributed by atoms with Gasteiger partial charge in [-0.15, -0.1) is 0 Å². The van der Waals surface area contributed by atoms with Crippen molar-refractivity contribution in [2.45, 2.75) is 32.0 Å². The summed E-state index contributed by atoms with van der Waals surface area (Å²) in [7, 11) is 0. The number of nitrogens with zero attached hydrogens (tertiary/aromatic N) is 2. The van der Waals surface area contributed by atoms with Crippen molar-refractivity contribution in [3.8, 4) is 0 Å². The van der Waals surface area contributed by atoms with Gasteiger partial charge in [0.25, 0.3) is 5.91 Å². The van der Waals surface area contributed by atoms with Gasteiger partial charge in [0.2, 0.25) is 5.91 Å². The third kappa shape index (κ3) is 4.66. The smallest absolute Gasteiger partial charge is 0.322 e. The Bertz CT molecular complexity index is 772. The Kier molecular flexibility index (Phi) is 5.08. The van der Waals surface area contributed by atoms with E-state index in [2.05, 4.69) is 20.9 Å². The number of imide groups is 1. The Morgan fingerprint density at radius 3 is 2.84 bits per heavy atom. The summed E-state index contributed by atoms with van der Waals surface area (Å²) in [4.78, 5) is 38.4. The zero-order valence-electron chi connectivity index (χ0n) is 13.6. The maximum Gasteiger partial charge on any atom is 0.322 e. The fourth-order valence-electron chi connectivity index (χ4n) is 2.66. The van der Waals surface area contributed by atoms with Crippen LogP contribution in [0.2, 0.25) is 0 Å². The highest BCUT2D eigenvalue weighted by Gasteiger charge is 2.29. The molecular weight excluding hydrogens is 322 g/mol. The van der Waals surface area contributed by atoms with Gasteiger partial charge in [-0.1, -0.05) is 24.3 Å². The highest BCUT2D eigenvalue weighted by atomic mass is 16.2. The normalized spacial score (nSPS) is 16.4. The van der Waals surface area contributed by atoms with Crippen LogP contribution in [-0.2, 0) is 22.7 Å². The van der Waals surface area contributed by atoms with E-state index in [1.165, 1.54) is 0 Å². The first-order valence-electron chi connectivity index (χ1n) is 8.02. The quantitative estimate of drug-likeness (QED) is 0.639. The second-order valence-electron chi connectivity index (χ2n) is 5.89. The van der Waals surface area contributed by atoms with Crippen molar-refractivity contribution in [1.82, 2.24) is 25.5 Å². The molecule has 0 radical (unpaired) electrons.